The van der Waals surface area contributed by atoms with Crippen molar-refractivity contribution in [3.63, 3.8) is 0 Å². The maximum absolute atomic E-state index is 13.3. The first-order valence-electron chi connectivity index (χ1n) is 9.52. The van der Waals surface area contributed by atoms with Crippen molar-refractivity contribution in [2.45, 2.75) is 6.92 Å². The van der Waals surface area contributed by atoms with Gasteiger partial charge in [0, 0.05) is 16.0 Å². The number of nitriles is 1. The number of amides is 1. The van der Waals surface area contributed by atoms with Crippen LogP contribution in [0.4, 0.5) is 5.00 Å². The number of esters is 1. The molecule has 1 N–H and O–H groups in total. The van der Waals surface area contributed by atoms with Crippen LogP contribution in [-0.4, -0.2) is 24.0 Å². The molecule has 0 aliphatic rings. The summed E-state index contributed by atoms with van der Waals surface area (Å²) in [4.78, 5) is 30.3. The third-order valence-corrected chi connectivity index (χ3v) is 6.48. The molecule has 4 aromatic rings. The van der Waals surface area contributed by atoms with Crippen LogP contribution < -0.4 is 5.32 Å². The number of aromatic nitrogens is 1. The molecule has 32 heavy (non-hydrogen) atoms. The molecule has 0 aliphatic heterocycles. The van der Waals surface area contributed by atoms with Crippen LogP contribution in [0.15, 0.2) is 54.6 Å². The van der Waals surface area contributed by atoms with Crippen molar-refractivity contribution < 1.29 is 14.3 Å². The molecule has 2 aromatic carbocycles. The van der Waals surface area contributed by atoms with Crippen molar-refractivity contribution in [2.24, 2.45) is 0 Å². The number of pyridine rings is 1. The highest BCUT2D eigenvalue weighted by Gasteiger charge is 2.23. The number of hydrogen-bond acceptors (Lipinski definition) is 6. The van der Waals surface area contributed by atoms with Crippen LogP contribution in [0, 0.1) is 18.3 Å². The number of ether oxygens (including phenoxy) is 1. The van der Waals surface area contributed by atoms with Crippen LogP contribution in [0.2, 0.25) is 5.02 Å². The van der Waals surface area contributed by atoms with Gasteiger partial charge in [0.25, 0.3) is 5.91 Å². The van der Waals surface area contributed by atoms with E-state index >= 15 is 0 Å². The molecule has 158 valence electrons. The average Bonchev–Trinajstić information content (AvgIpc) is 3.12. The van der Waals surface area contributed by atoms with Gasteiger partial charge >= 0.3 is 5.97 Å². The van der Waals surface area contributed by atoms with Crippen LogP contribution in [-0.2, 0) is 4.74 Å². The van der Waals surface area contributed by atoms with Crippen LogP contribution in [0.1, 0.15) is 31.2 Å². The lowest BCUT2D eigenvalue weighted by atomic mass is 10.0. The highest BCUT2D eigenvalue weighted by molar-refractivity contribution is 7.18. The molecule has 0 unspecified atom stereocenters. The molecule has 0 atom stereocenters. The van der Waals surface area contributed by atoms with Gasteiger partial charge in [0.05, 0.1) is 29.4 Å². The number of thiophene rings is 1. The van der Waals surface area contributed by atoms with E-state index in [1.165, 1.54) is 7.11 Å². The second kappa shape index (κ2) is 8.79. The fraction of sp³-hybridized carbons (Fsp3) is 0.0833. The zero-order valence-corrected chi connectivity index (χ0v) is 18.7. The number of anilines is 1. The number of carbonyl (C=O) groups is 2. The smallest absolute Gasteiger partial charge is 0.348 e. The van der Waals surface area contributed by atoms with E-state index in [2.05, 4.69) is 16.4 Å². The lowest BCUT2D eigenvalue weighted by Gasteiger charge is -2.11. The number of halogens is 1. The molecule has 2 aromatic heterocycles. The zero-order valence-electron chi connectivity index (χ0n) is 17.1. The second-order valence-electron chi connectivity index (χ2n) is 6.87. The van der Waals surface area contributed by atoms with Gasteiger partial charge in [-0.1, -0.05) is 48.0 Å². The minimum absolute atomic E-state index is 0.230. The number of fused-ring (bicyclic) bond motifs is 1. The largest absolute Gasteiger partial charge is 0.465 e. The molecular weight excluding hydrogens is 446 g/mol. The highest BCUT2D eigenvalue weighted by Crippen LogP contribution is 2.34. The Balaban J connectivity index is 1.82. The molecule has 0 radical (unpaired) electrons. The number of benzene rings is 2. The Morgan fingerprint density at radius 1 is 1.16 bits per heavy atom. The van der Waals surface area contributed by atoms with E-state index in [9.17, 15) is 14.9 Å². The summed E-state index contributed by atoms with van der Waals surface area (Å²) in [6, 6.07) is 18.3. The molecular formula is C24H16ClN3O3S. The highest BCUT2D eigenvalue weighted by atomic mass is 35.5. The number of nitrogens with one attached hydrogen (secondary N) is 1. The van der Waals surface area contributed by atoms with Gasteiger partial charge in [-0.25, -0.2) is 9.78 Å². The summed E-state index contributed by atoms with van der Waals surface area (Å²) >= 11 is 7.37. The summed E-state index contributed by atoms with van der Waals surface area (Å²) in [6.45, 7) is 1.65. The Hall–Kier alpha value is -3.73. The second-order valence-corrected chi connectivity index (χ2v) is 8.30. The maximum atomic E-state index is 13.3. The number of carbonyl (C=O) groups excluding carboxylic acids is 2. The van der Waals surface area contributed by atoms with Gasteiger partial charge in [-0.3, -0.25) is 4.79 Å². The fourth-order valence-electron chi connectivity index (χ4n) is 3.36. The average molecular weight is 462 g/mol. The van der Waals surface area contributed by atoms with Crippen LogP contribution in [0.5, 0.6) is 0 Å². The number of para-hydroxylation sites is 1. The Morgan fingerprint density at radius 3 is 2.59 bits per heavy atom. The summed E-state index contributed by atoms with van der Waals surface area (Å²) < 4.78 is 4.78. The molecule has 1 amide bonds. The Labute approximate surface area is 193 Å². The number of hydrogen-bond donors (Lipinski definition) is 1. The summed E-state index contributed by atoms with van der Waals surface area (Å²) in [5.74, 6) is -0.981. The number of methoxy groups -OCH3 is 1. The zero-order chi connectivity index (χ0) is 22.8. The van der Waals surface area contributed by atoms with E-state index in [1.807, 2.05) is 36.4 Å². The van der Waals surface area contributed by atoms with E-state index in [-0.39, 0.29) is 15.4 Å². The lowest BCUT2D eigenvalue weighted by Crippen LogP contribution is -2.13. The molecule has 0 aliphatic carbocycles. The molecule has 0 saturated heterocycles. The van der Waals surface area contributed by atoms with Crippen molar-refractivity contribution in [1.29, 1.82) is 5.26 Å². The van der Waals surface area contributed by atoms with E-state index < -0.39 is 11.9 Å². The van der Waals surface area contributed by atoms with E-state index in [0.29, 0.717) is 38.3 Å². The summed E-state index contributed by atoms with van der Waals surface area (Å²) in [7, 11) is 1.27. The standard InChI is InChI=1S/C24H16ClN3O3S/c1-13-17(12-26)23(32-21(13)24(30)31-2)28-22(29)16-11-20(15-8-3-5-9-18(15)25)27-19-10-6-4-7-14(16)19/h3-11H,1-2H3,(H,28,29). The van der Waals surface area contributed by atoms with Crippen LogP contribution >= 0.6 is 22.9 Å². The summed E-state index contributed by atoms with van der Waals surface area (Å²) in [6.07, 6.45) is 0. The van der Waals surface area contributed by atoms with Crippen molar-refractivity contribution in [1.82, 2.24) is 4.98 Å². The maximum Gasteiger partial charge on any atom is 0.348 e. The topological polar surface area (TPSA) is 92.1 Å². The predicted molar refractivity (Wildman–Crippen MR) is 125 cm³/mol. The van der Waals surface area contributed by atoms with Gasteiger partial charge in [0.1, 0.15) is 15.9 Å². The van der Waals surface area contributed by atoms with Gasteiger partial charge in [0.15, 0.2) is 0 Å². The first kappa shape index (κ1) is 21.5. The predicted octanol–water partition coefficient (Wildman–Crippen LogP) is 5.84. The van der Waals surface area contributed by atoms with Crippen LogP contribution in [0.25, 0.3) is 22.2 Å². The van der Waals surface area contributed by atoms with Gasteiger partial charge in [0.2, 0.25) is 0 Å². The normalized spacial score (nSPS) is 10.6. The molecule has 0 spiro atoms. The third-order valence-electron chi connectivity index (χ3n) is 4.97. The SMILES string of the molecule is COC(=O)c1sc(NC(=O)c2cc(-c3ccccc3Cl)nc3ccccc23)c(C#N)c1C. The van der Waals surface area contributed by atoms with Crippen molar-refractivity contribution in [2.75, 3.05) is 12.4 Å². The van der Waals surface area contributed by atoms with Gasteiger partial charge in [-0.05, 0) is 30.7 Å². The minimum Gasteiger partial charge on any atom is -0.465 e. The van der Waals surface area contributed by atoms with E-state index in [1.54, 1.807) is 25.1 Å². The molecule has 0 saturated carbocycles. The summed E-state index contributed by atoms with van der Waals surface area (Å²) in [5.41, 5.74) is 2.96. The number of nitrogens with zero attached hydrogens (tertiary/aromatic N) is 2. The fourth-order valence-corrected chi connectivity index (χ4v) is 4.67. The quantitative estimate of drug-likeness (QED) is 0.385. The van der Waals surface area contributed by atoms with E-state index in [0.717, 1.165) is 11.3 Å². The van der Waals surface area contributed by atoms with Crippen molar-refractivity contribution >= 4 is 50.7 Å². The monoisotopic (exact) mass is 461 g/mol. The van der Waals surface area contributed by atoms with E-state index in [4.69, 9.17) is 16.3 Å². The number of rotatable bonds is 4. The Bertz CT molecular complexity index is 1420. The van der Waals surface area contributed by atoms with Crippen molar-refractivity contribution in [3.8, 4) is 17.3 Å². The lowest BCUT2D eigenvalue weighted by molar-refractivity contribution is 0.0605. The van der Waals surface area contributed by atoms with Crippen LogP contribution in [0.3, 0.4) is 0 Å². The third kappa shape index (κ3) is 3.82. The first-order valence-corrected chi connectivity index (χ1v) is 10.7. The van der Waals surface area contributed by atoms with Gasteiger partial charge in [-0.15, -0.1) is 11.3 Å². The molecule has 4 rings (SSSR count). The molecule has 0 fully saturated rings. The van der Waals surface area contributed by atoms with Gasteiger partial charge < -0.3 is 10.1 Å². The first-order chi connectivity index (χ1) is 15.4. The van der Waals surface area contributed by atoms with Gasteiger partial charge in [-0.2, -0.15) is 5.26 Å². The molecule has 2 heterocycles. The Morgan fingerprint density at radius 2 is 1.88 bits per heavy atom. The van der Waals surface area contributed by atoms with Crippen molar-refractivity contribution in [3.05, 3.63) is 81.2 Å². The molecule has 8 heteroatoms. The summed E-state index contributed by atoms with van der Waals surface area (Å²) in [5, 5.41) is 13.8. The molecule has 0 bridgehead atoms. The minimum atomic E-state index is -0.556. The molecule has 6 nitrogen and oxygen atoms in total. The Kier molecular flexibility index (Phi) is 5.91.